The number of nitrogens with one attached hydrogen (secondary N) is 1. The van der Waals surface area contributed by atoms with Crippen molar-refractivity contribution in [2.24, 2.45) is 0 Å². The maximum atomic E-state index is 13.3. The first kappa shape index (κ1) is 17.0. The molecule has 120 valence electrons. The van der Waals surface area contributed by atoms with E-state index in [0.717, 1.165) is 12.1 Å². The van der Waals surface area contributed by atoms with Crippen molar-refractivity contribution in [3.8, 4) is 23.7 Å². The van der Waals surface area contributed by atoms with Gasteiger partial charge in [0, 0.05) is 11.6 Å². The highest BCUT2D eigenvalue weighted by Crippen LogP contribution is 2.17. The molecule has 0 spiro atoms. The zero-order chi connectivity index (χ0) is 17.4. The van der Waals surface area contributed by atoms with Gasteiger partial charge in [0.1, 0.15) is 12.4 Å². The van der Waals surface area contributed by atoms with Gasteiger partial charge < -0.3 is 10.1 Å². The number of hydrogen-bond acceptors (Lipinski definition) is 3. The highest BCUT2D eigenvalue weighted by Gasteiger charge is 2.05. The smallest absolute Gasteiger partial charge is 0.252 e. The molecule has 0 aliphatic heterocycles. The molecule has 0 radical (unpaired) electrons. The third-order valence-electron chi connectivity index (χ3n) is 2.91. The largest absolute Gasteiger partial charge is 0.478 e. The average Bonchev–Trinajstić information content (AvgIpc) is 2.59. The lowest BCUT2D eigenvalue weighted by Gasteiger charge is -2.03. The second kappa shape index (κ2) is 8.30. The predicted octanol–water partition coefficient (Wildman–Crippen LogP) is 2.65. The van der Waals surface area contributed by atoms with Crippen LogP contribution in [0.25, 0.3) is 0 Å². The second-order valence-electron chi connectivity index (χ2n) is 4.59. The molecule has 0 bridgehead atoms. The lowest BCUT2D eigenvalue weighted by atomic mass is 10.1. The van der Waals surface area contributed by atoms with Crippen LogP contribution >= 0.6 is 0 Å². The van der Waals surface area contributed by atoms with E-state index < -0.39 is 11.6 Å². The first-order valence-electron chi connectivity index (χ1n) is 6.92. The van der Waals surface area contributed by atoms with Gasteiger partial charge in [-0.25, -0.2) is 8.78 Å². The fourth-order valence-electron chi connectivity index (χ4n) is 1.78. The number of carbonyl (C=O) groups is 1. The summed E-state index contributed by atoms with van der Waals surface area (Å²) in [7, 11) is 0. The van der Waals surface area contributed by atoms with Crippen molar-refractivity contribution in [3.63, 3.8) is 0 Å². The van der Waals surface area contributed by atoms with Crippen LogP contribution < -0.4 is 10.1 Å². The molecule has 0 heterocycles. The van der Waals surface area contributed by atoms with Crippen LogP contribution in [0.2, 0.25) is 0 Å². The Kier molecular flexibility index (Phi) is 5.88. The highest BCUT2D eigenvalue weighted by molar-refractivity contribution is 5.94. The number of rotatable bonds is 4. The Morgan fingerprint density at radius 2 is 2.00 bits per heavy atom. The summed E-state index contributed by atoms with van der Waals surface area (Å²) >= 11 is 0. The van der Waals surface area contributed by atoms with Crippen LogP contribution in [-0.2, 0) is 0 Å². The van der Waals surface area contributed by atoms with E-state index in [1.165, 1.54) is 12.1 Å². The maximum absolute atomic E-state index is 13.3. The van der Waals surface area contributed by atoms with Crippen LogP contribution in [0, 0.1) is 34.8 Å². The zero-order valence-corrected chi connectivity index (χ0v) is 12.5. The minimum atomic E-state index is -0.803. The van der Waals surface area contributed by atoms with Crippen LogP contribution in [0.1, 0.15) is 15.9 Å². The van der Waals surface area contributed by atoms with Gasteiger partial charge in [-0.3, -0.25) is 4.79 Å². The summed E-state index contributed by atoms with van der Waals surface area (Å²) in [5.41, 5.74) is 0.754. The van der Waals surface area contributed by atoms with Gasteiger partial charge >= 0.3 is 0 Å². The van der Waals surface area contributed by atoms with Crippen molar-refractivity contribution in [2.45, 2.75) is 0 Å². The van der Waals surface area contributed by atoms with Crippen molar-refractivity contribution in [3.05, 3.63) is 65.2 Å². The van der Waals surface area contributed by atoms with E-state index >= 15 is 0 Å². The van der Waals surface area contributed by atoms with Gasteiger partial charge in [-0.05, 0) is 30.3 Å². The standard InChI is InChI=1S/C18H12F2N2O2/c19-15-6-7-17(16(20)11-15)24-9-2-1-8-22-18(23)14-5-3-4-13(10-14)12-21/h3-7,10-11H,8-9H2,(H,22,23). The molecule has 0 unspecified atom stereocenters. The summed E-state index contributed by atoms with van der Waals surface area (Å²) in [6.07, 6.45) is 0. The van der Waals surface area contributed by atoms with E-state index in [-0.39, 0.29) is 24.8 Å². The first-order valence-corrected chi connectivity index (χ1v) is 6.92. The van der Waals surface area contributed by atoms with Gasteiger partial charge in [0.05, 0.1) is 18.2 Å². The molecule has 0 saturated heterocycles. The molecule has 6 heteroatoms. The lowest BCUT2D eigenvalue weighted by molar-refractivity contribution is 0.0958. The number of hydrogen-bond donors (Lipinski definition) is 1. The van der Waals surface area contributed by atoms with Crippen molar-refractivity contribution >= 4 is 5.91 Å². The van der Waals surface area contributed by atoms with Gasteiger partial charge in [-0.2, -0.15) is 5.26 Å². The molecule has 4 nitrogen and oxygen atoms in total. The fraction of sp³-hybridized carbons (Fsp3) is 0.111. The summed E-state index contributed by atoms with van der Waals surface area (Å²) in [4.78, 5) is 11.8. The van der Waals surface area contributed by atoms with Gasteiger partial charge in [0.2, 0.25) is 0 Å². The molecule has 0 atom stereocenters. The molecule has 2 rings (SSSR count). The van der Waals surface area contributed by atoms with E-state index in [0.29, 0.717) is 11.1 Å². The molecule has 0 aliphatic rings. The topological polar surface area (TPSA) is 62.1 Å². The third-order valence-corrected chi connectivity index (χ3v) is 2.91. The molecule has 24 heavy (non-hydrogen) atoms. The van der Waals surface area contributed by atoms with E-state index in [9.17, 15) is 13.6 Å². The van der Waals surface area contributed by atoms with E-state index in [4.69, 9.17) is 10.00 Å². The Bertz CT molecular complexity index is 848. The van der Waals surface area contributed by atoms with E-state index in [2.05, 4.69) is 17.2 Å². The molecule has 2 aromatic rings. The van der Waals surface area contributed by atoms with Crippen LogP contribution in [0.3, 0.4) is 0 Å². The predicted molar refractivity (Wildman–Crippen MR) is 83.1 cm³/mol. The first-order chi connectivity index (χ1) is 11.6. The Morgan fingerprint density at radius 1 is 1.17 bits per heavy atom. The Hall–Kier alpha value is -3.38. The second-order valence-corrected chi connectivity index (χ2v) is 4.59. The molecule has 1 amide bonds. The van der Waals surface area contributed by atoms with Crippen LogP contribution in [0.15, 0.2) is 42.5 Å². The number of benzene rings is 2. The summed E-state index contributed by atoms with van der Waals surface area (Å²) in [6.45, 7) is -0.0206. The zero-order valence-electron chi connectivity index (χ0n) is 12.5. The molecule has 2 aromatic carbocycles. The lowest BCUT2D eigenvalue weighted by Crippen LogP contribution is -2.23. The maximum Gasteiger partial charge on any atom is 0.252 e. The van der Waals surface area contributed by atoms with Gasteiger partial charge in [0.15, 0.2) is 11.6 Å². The molecular formula is C18H12F2N2O2. The summed E-state index contributed by atoms with van der Waals surface area (Å²) in [6, 6.07) is 11.2. The normalized spacial score (nSPS) is 9.38. The van der Waals surface area contributed by atoms with Gasteiger partial charge in [-0.15, -0.1) is 0 Å². The molecule has 0 aromatic heterocycles. The highest BCUT2D eigenvalue weighted by atomic mass is 19.1. The van der Waals surface area contributed by atoms with Crippen LogP contribution in [-0.4, -0.2) is 19.1 Å². The van der Waals surface area contributed by atoms with Crippen LogP contribution in [0.4, 0.5) is 8.78 Å². The number of amides is 1. The van der Waals surface area contributed by atoms with Gasteiger partial charge in [-0.1, -0.05) is 17.9 Å². The summed E-state index contributed by atoms with van der Waals surface area (Å²) < 4.78 is 31.1. The minimum Gasteiger partial charge on any atom is -0.478 e. The van der Waals surface area contributed by atoms with Crippen molar-refractivity contribution < 1.29 is 18.3 Å². The quantitative estimate of drug-likeness (QED) is 0.879. The summed E-state index contributed by atoms with van der Waals surface area (Å²) in [5.74, 6) is 3.31. The molecular weight excluding hydrogens is 314 g/mol. The summed E-state index contributed by atoms with van der Waals surface area (Å²) in [5, 5.41) is 11.3. The van der Waals surface area contributed by atoms with Gasteiger partial charge in [0.25, 0.3) is 5.91 Å². The SMILES string of the molecule is N#Cc1cccc(C(=O)NCC#CCOc2ccc(F)cc2F)c1. The monoisotopic (exact) mass is 326 g/mol. The van der Waals surface area contributed by atoms with E-state index in [1.807, 2.05) is 6.07 Å². The van der Waals surface area contributed by atoms with Crippen molar-refractivity contribution in [2.75, 3.05) is 13.2 Å². The van der Waals surface area contributed by atoms with Crippen LogP contribution in [0.5, 0.6) is 5.75 Å². The Labute approximate surface area is 137 Å². The minimum absolute atomic E-state index is 0.0743. The molecule has 1 N–H and O–H groups in total. The number of nitrogens with zero attached hydrogens (tertiary/aromatic N) is 1. The number of ether oxygens (including phenoxy) is 1. The van der Waals surface area contributed by atoms with Crippen molar-refractivity contribution in [1.29, 1.82) is 5.26 Å². The Morgan fingerprint density at radius 3 is 2.75 bits per heavy atom. The molecule has 0 aliphatic carbocycles. The van der Waals surface area contributed by atoms with Crippen molar-refractivity contribution in [1.82, 2.24) is 5.32 Å². The number of halogens is 2. The van der Waals surface area contributed by atoms with E-state index in [1.54, 1.807) is 18.2 Å². The number of carbonyl (C=O) groups excluding carboxylic acids is 1. The molecule has 0 saturated carbocycles. The fourth-order valence-corrected chi connectivity index (χ4v) is 1.78. The average molecular weight is 326 g/mol. The number of nitriles is 1. The third kappa shape index (κ3) is 4.82. The molecule has 0 fully saturated rings. The Balaban J connectivity index is 1.79.